The Hall–Kier alpha value is 0.310. The molecule has 2 heteroatoms. The summed E-state index contributed by atoms with van der Waals surface area (Å²) >= 11 is 2.13. The van der Waals surface area contributed by atoms with Crippen LogP contribution < -0.4 is 5.32 Å². The van der Waals surface area contributed by atoms with E-state index in [1.807, 2.05) is 0 Å². The molecule has 0 radical (unpaired) electrons. The Labute approximate surface area is 73.3 Å². The maximum Gasteiger partial charge on any atom is 0.00962 e. The second kappa shape index (κ2) is 2.98. The molecule has 11 heavy (non-hydrogen) atoms. The lowest BCUT2D eigenvalue weighted by Gasteiger charge is -2.36. The van der Waals surface area contributed by atoms with E-state index in [1.165, 1.54) is 37.3 Å². The van der Waals surface area contributed by atoms with Gasteiger partial charge in [-0.1, -0.05) is 0 Å². The van der Waals surface area contributed by atoms with Gasteiger partial charge < -0.3 is 5.32 Å². The molecule has 1 nitrogen and oxygen atoms in total. The van der Waals surface area contributed by atoms with Crippen LogP contribution in [-0.4, -0.2) is 24.1 Å². The van der Waals surface area contributed by atoms with Crippen LogP contribution in [0.25, 0.3) is 0 Å². The van der Waals surface area contributed by atoms with Gasteiger partial charge in [-0.05, 0) is 49.7 Å². The van der Waals surface area contributed by atoms with Gasteiger partial charge in [0, 0.05) is 6.04 Å². The molecule has 1 unspecified atom stereocenters. The zero-order valence-corrected chi connectivity index (χ0v) is 8.04. The van der Waals surface area contributed by atoms with Gasteiger partial charge in [-0.25, -0.2) is 0 Å². The van der Waals surface area contributed by atoms with Gasteiger partial charge in [0.25, 0.3) is 0 Å². The van der Waals surface area contributed by atoms with E-state index in [0.29, 0.717) is 5.41 Å². The minimum Gasteiger partial charge on any atom is -0.314 e. The van der Waals surface area contributed by atoms with Crippen molar-refractivity contribution in [3.63, 3.8) is 0 Å². The average Bonchev–Trinajstić information content (AvgIpc) is 2.36. The lowest BCUT2D eigenvalue weighted by Crippen LogP contribution is -2.36. The van der Waals surface area contributed by atoms with Crippen LogP contribution >= 0.6 is 11.8 Å². The zero-order chi connectivity index (χ0) is 7.73. The first-order chi connectivity index (χ1) is 5.33. The molecule has 2 aliphatic heterocycles. The number of thioether (sulfide) groups is 1. The van der Waals surface area contributed by atoms with Gasteiger partial charge in [0.05, 0.1) is 0 Å². The van der Waals surface area contributed by atoms with E-state index in [2.05, 4.69) is 24.0 Å². The second-order valence-electron chi connectivity index (χ2n) is 3.90. The molecule has 2 saturated heterocycles. The lowest BCUT2D eigenvalue weighted by atomic mass is 9.76. The summed E-state index contributed by atoms with van der Waals surface area (Å²) in [6, 6.07) is 0.781. The highest BCUT2D eigenvalue weighted by Crippen LogP contribution is 2.43. The van der Waals surface area contributed by atoms with Crippen molar-refractivity contribution in [2.24, 2.45) is 5.41 Å². The van der Waals surface area contributed by atoms with Crippen LogP contribution in [-0.2, 0) is 0 Å². The highest BCUT2D eigenvalue weighted by atomic mass is 32.2. The Morgan fingerprint density at radius 3 is 2.55 bits per heavy atom. The van der Waals surface area contributed by atoms with Gasteiger partial charge in [-0.3, -0.25) is 0 Å². The Morgan fingerprint density at radius 1 is 1.27 bits per heavy atom. The highest BCUT2D eigenvalue weighted by Gasteiger charge is 2.40. The standard InChI is InChI=1S/C9H17NS/c1-8-9(2-5-10-8)3-6-11-7-4-9/h8,10H,2-7H2,1H3. The van der Waals surface area contributed by atoms with Gasteiger partial charge in [0.15, 0.2) is 0 Å². The Morgan fingerprint density at radius 2 is 2.00 bits per heavy atom. The molecule has 0 aromatic rings. The van der Waals surface area contributed by atoms with Crippen LogP contribution in [0.4, 0.5) is 0 Å². The van der Waals surface area contributed by atoms with Gasteiger partial charge in [0.1, 0.15) is 0 Å². The van der Waals surface area contributed by atoms with E-state index >= 15 is 0 Å². The van der Waals surface area contributed by atoms with Gasteiger partial charge in [0.2, 0.25) is 0 Å². The minimum absolute atomic E-state index is 0.700. The summed E-state index contributed by atoms with van der Waals surface area (Å²) < 4.78 is 0. The topological polar surface area (TPSA) is 12.0 Å². The van der Waals surface area contributed by atoms with Crippen LogP contribution in [0.15, 0.2) is 0 Å². The van der Waals surface area contributed by atoms with E-state index in [1.54, 1.807) is 0 Å². The molecule has 2 fully saturated rings. The fraction of sp³-hybridized carbons (Fsp3) is 1.00. The van der Waals surface area contributed by atoms with Crippen LogP contribution in [0.5, 0.6) is 0 Å². The summed E-state index contributed by atoms with van der Waals surface area (Å²) in [5.74, 6) is 2.79. The van der Waals surface area contributed by atoms with Crippen molar-refractivity contribution in [3.8, 4) is 0 Å². The molecule has 1 spiro atoms. The van der Waals surface area contributed by atoms with Gasteiger partial charge in [-0.15, -0.1) is 0 Å². The maximum absolute atomic E-state index is 3.57. The van der Waals surface area contributed by atoms with Gasteiger partial charge >= 0.3 is 0 Å². The predicted octanol–water partition coefficient (Wildman–Crippen LogP) is 1.88. The van der Waals surface area contributed by atoms with Crippen molar-refractivity contribution in [2.45, 2.75) is 32.2 Å². The first kappa shape index (κ1) is 7.93. The van der Waals surface area contributed by atoms with Crippen LogP contribution in [0, 0.1) is 5.41 Å². The quantitative estimate of drug-likeness (QED) is 0.597. The van der Waals surface area contributed by atoms with Crippen molar-refractivity contribution in [1.82, 2.24) is 5.32 Å². The molecule has 0 saturated carbocycles. The van der Waals surface area contributed by atoms with Crippen molar-refractivity contribution >= 4 is 11.8 Å². The molecule has 0 aliphatic carbocycles. The molecule has 0 aromatic carbocycles. The molecule has 2 heterocycles. The molecular weight excluding hydrogens is 154 g/mol. The maximum atomic E-state index is 3.57. The van der Waals surface area contributed by atoms with Crippen molar-refractivity contribution in [3.05, 3.63) is 0 Å². The molecule has 1 N–H and O–H groups in total. The van der Waals surface area contributed by atoms with E-state index in [0.717, 1.165) is 6.04 Å². The number of nitrogens with one attached hydrogen (secondary N) is 1. The van der Waals surface area contributed by atoms with E-state index < -0.39 is 0 Å². The molecule has 0 aromatic heterocycles. The SMILES string of the molecule is CC1NCCC12CCSCC2. The highest BCUT2D eigenvalue weighted by molar-refractivity contribution is 7.99. The third kappa shape index (κ3) is 1.31. The fourth-order valence-corrected chi connectivity index (χ4v) is 3.74. The predicted molar refractivity (Wildman–Crippen MR) is 51.1 cm³/mol. The molecule has 64 valence electrons. The summed E-state index contributed by atoms with van der Waals surface area (Å²) in [7, 11) is 0. The van der Waals surface area contributed by atoms with Crippen molar-refractivity contribution in [1.29, 1.82) is 0 Å². The Bertz CT molecular complexity index is 140. The summed E-state index contributed by atoms with van der Waals surface area (Å²) in [5.41, 5.74) is 0.700. The average molecular weight is 171 g/mol. The number of hydrogen-bond donors (Lipinski definition) is 1. The lowest BCUT2D eigenvalue weighted by molar-refractivity contribution is 0.237. The normalized spacial score (nSPS) is 36.3. The summed E-state index contributed by atoms with van der Waals surface area (Å²) in [6.07, 6.45) is 4.33. The fourth-order valence-electron chi connectivity index (χ4n) is 2.43. The van der Waals surface area contributed by atoms with Crippen LogP contribution in [0.3, 0.4) is 0 Å². The monoisotopic (exact) mass is 171 g/mol. The molecular formula is C9H17NS. The van der Waals surface area contributed by atoms with Gasteiger partial charge in [-0.2, -0.15) is 11.8 Å². The summed E-state index contributed by atoms with van der Waals surface area (Å²) in [4.78, 5) is 0. The summed E-state index contributed by atoms with van der Waals surface area (Å²) in [6.45, 7) is 3.62. The molecule has 0 amide bonds. The first-order valence-electron chi connectivity index (χ1n) is 4.65. The second-order valence-corrected chi connectivity index (χ2v) is 5.13. The van der Waals surface area contributed by atoms with E-state index in [4.69, 9.17) is 0 Å². The smallest absolute Gasteiger partial charge is 0.00962 e. The first-order valence-corrected chi connectivity index (χ1v) is 5.80. The number of rotatable bonds is 0. The molecule has 2 rings (SSSR count). The third-order valence-corrected chi connectivity index (χ3v) is 4.47. The Balaban J connectivity index is 2.06. The van der Waals surface area contributed by atoms with Crippen LogP contribution in [0.2, 0.25) is 0 Å². The van der Waals surface area contributed by atoms with E-state index in [9.17, 15) is 0 Å². The van der Waals surface area contributed by atoms with Crippen LogP contribution in [0.1, 0.15) is 26.2 Å². The van der Waals surface area contributed by atoms with E-state index in [-0.39, 0.29) is 0 Å². The summed E-state index contributed by atoms with van der Waals surface area (Å²) in [5, 5.41) is 3.57. The zero-order valence-electron chi connectivity index (χ0n) is 7.23. The third-order valence-electron chi connectivity index (χ3n) is 3.48. The molecule has 0 bridgehead atoms. The minimum atomic E-state index is 0.700. The van der Waals surface area contributed by atoms with Crippen molar-refractivity contribution in [2.75, 3.05) is 18.1 Å². The Kier molecular flexibility index (Phi) is 2.15. The largest absolute Gasteiger partial charge is 0.314 e. The number of hydrogen-bond acceptors (Lipinski definition) is 2. The molecule has 1 atom stereocenters. The molecule has 2 aliphatic rings. The van der Waals surface area contributed by atoms with Crippen molar-refractivity contribution < 1.29 is 0 Å².